The van der Waals surface area contributed by atoms with Gasteiger partial charge in [0.1, 0.15) is 5.75 Å². The Bertz CT molecular complexity index is 471. The van der Waals surface area contributed by atoms with Gasteiger partial charge >= 0.3 is 0 Å². The minimum atomic E-state index is 0.351. The monoisotopic (exact) mass is 233 g/mol. The van der Waals surface area contributed by atoms with Crippen LogP contribution in [0.5, 0.6) is 5.75 Å². The van der Waals surface area contributed by atoms with E-state index in [0.717, 1.165) is 22.7 Å². The molecule has 16 heavy (non-hydrogen) atoms. The van der Waals surface area contributed by atoms with Crippen molar-refractivity contribution in [3.8, 4) is 17.0 Å². The van der Waals surface area contributed by atoms with Crippen molar-refractivity contribution < 1.29 is 4.74 Å². The number of hydrogen-bond donors (Lipinski definition) is 0. The molecule has 3 heteroatoms. The van der Waals surface area contributed by atoms with Crippen LogP contribution in [0.15, 0.2) is 42.5 Å². The fraction of sp³-hybridized carbons (Fsp3) is 0.154. The summed E-state index contributed by atoms with van der Waals surface area (Å²) >= 11 is 5.83. The van der Waals surface area contributed by atoms with Crippen LogP contribution in [0.1, 0.15) is 5.69 Å². The molecular formula is C13H12ClNO. The number of benzene rings is 1. The third-order valence-electron chi connectivity index (χ3n) is 2.35. The number of alkyl halides is 1. The van der Waals surface area contributed by atoms with E-state index in [1.54, 1.807) is 7.11 Å². The number of ether oxygens (including phenoxy) is 1. The molecule has 82 valence electrons. The number of hydrogen-bond acceptors (Lipinski definition) is 2. The van der Waals surface area contributed by atoms with E-state index in [1.807, 2.05) is 42.5 Å². The first-order valence-corrected chi connectivity index (χ1v) is 5.54. The number of halogens is 1. The Labute approximate surface area is 99.9 Å². The molecule has 0 radical (unpaired) electrons. The zero-order valence-electron chi connectivity index (χ0n) is 8.98. The fourth-order valence-corrected chi connectivity index (χ4v) is 1.73. The first kappa shape index (κ1) is 11.0. The molecule has 2 nitrogen and oxygen atoms in total. The van der Waals surface area contributed by atoms with E-state index in [0.29, 0.717) is 5.88 Å². The zero-order valence-corrected chi connectivity index (χ0v) is 9.74. The van der Waals surface area contributed by atoms with Gasteiger partial charge in [0.15, 0.2) is 0 Å². The fourth-order valence-electron chi connectivity index (χ4n) is 1.54. The maximum absolute atomic E-state index is 5.83. The highest BCUT2D eigenvalue weighted by molar-refractivity contribution is 6.17. The van der Waals surface area contributed by atoms with Gasteiger partial charge in [0, 0.05) is 5.56 Å². The summed E-state index contributed by atoms with van der Waals surface area (Å²) < 4.78 is 5.18. The van der Waals surface area contributed by atoms with Gasteiger partial charge in [-0.1, -0.05) is 30.3 Å². The van der Waals surface area contributed by atoms with Crippen molar-refractivity contribution in [3.05, 3.63) is 48.2 Å². The van der Waals surface area contributed by atoms with Crippen LogP contribution in [0.25, 0.3) is 11.3 Å². The maximum atomic E-state index is 5.83. The van der Waals surface area contributed by atoms with Gasteiger partial charge in [-0.2, -0.15) is 0 Å². The van der Waals surface area contributed by atoms with Crippen LogP contribution in [0.2, 0.25) is 0 Å². The SMILES string of the molecule is COc1ccc(-c2ccccc2)nc1CCl. The van der Waals surface area contributed by atoms with E-state index in [-0.39, 0.29) is 0 Å². The molecule has 0 spiro atoms. The Kier molecular flexibility index (Phi) is 3.42. The van der Waals surface area contributed by atoms with E-state index in [2.05, 4.69) is 4.98 Å². The lowest BCUT2D eigenvalue weighted by molar-refractivity contribution is 0.409. The summed E-state index contributed by atoms with van der Waals surface area (Å²) in [5, 5.41) is 0. The van der Waals surface area contributed by atoms with Crippen LogP contribution in [0, 0.1) is 0 Å². The van der Waals surface area contributed by atoms with Crippen LogP contribution < -0.4 is 4.74 Å². The molecule has 1 heterocycles. The van der Waals surface area contributed by atoms with Crippen molar-refractivity contribution in [3.63, 3.8) is 0 Å². The molecule has 0 saturated heterocycles. The van der Waals surface area contributed by atoms with Crippen LogP contribution >= 0.6 is 11.6 Å². The average Bonchev–Trinajstić information content (AvgIpc) is 2.39. The quantitative estimate of drug-likeness (QED) is 0.757. The van der Waals surface area contributed by atoms with Gasteiger partial charge in [0.2, 0.25) is 0 Å². The Morgan fingerprint density at radius 3 is 2.50 bits per heavy atom. The topological polar surface area (TPSA) is 22.1 Å². The summed E-state index contributed by atoms with van der Waals surface area (Å²) in [6, 6.07) is 13.8. The normalized spacial score (nSPS) is 10.1. The van der Waals surface area contributed by atoms with Gasteiger partial charge in [-0.05, 0) is 12.1 Å². The summed E-state index contributed by atoms with van der Waals surface area (Å²) in [6.07, 6.45) is 0. The van der Waals surface area contributed by atoms with Crippen molar-refractivity contribution in [1.29, 1.82) is 0 Å². The zero-order chi connectivity index (χ0) is 11.4. The lowest BCUT2D eigenvalue weighted by atomic mass is 10.1. The summed E-state index contributed by atoms with van der Waals surface area (Å²) in [6.45, 7) is 0. The third kappa shape index (κ3) is 2.17. The number of methoxy groups -OCH3 is 1. The molecule has 0 aliphatic carbocycles. The van der Waals surface area contributed by atoms with Crippen molar-refractivity contribution in [2.24, 2.45) is 0 Å². The smallest absolute Gasteiger partial charge is 0.141 e. The van der Waals surface area contributed by atoms with Gasteiger partial charge in [-0.25, -0.2) is 4.98 Å². The lowest BCUT2D eigenvalue weighted by Gasteiger charge is -2.07. The van der Waals surface area contributed by atoms with E-state index in [4.69, 9.17) is 16.3 Å². The molecule has 1 aromatic carbocycles. The third-order valence-corrected chi connectivity index (χ3v) is 2.60. The summed E-state index contributed by atoms with van der Waals surface area (Å²) in [5.41, 5.74) is 2.76. The van der Waals surface area contributed by atoms with Crippen molar-refractivity contribution in [2.75, 3.05) is 7.11 Å². The highest BCUT2D eigenvalue weighted by Gasteiger charge is 2.06. The molecule has 0 saturated carbocycles. The van der Waals surface area contributed by atoms with Crippen molar-refractivity contribution in [1.82, 2.24) is 4.98 Å². The number of aromatic nitrogens is 1. The van der Waals surface area contributed by atoms with Gasteiger partial charge in [0.05, 0.1) is 24.4 Å². The molecule has 0 unspecified atom stereocenters. The average molecular weight is 234 g/mol. The molecular weight excluding hydrogens is 222 g/mol. The second-order valence-corrected chi connectivity index (χ2v) is 3.61. The van der Waals surface area contributed by atoms with Gasteiger partial charge in [-0.15, -0.1) is 11.6 Å². The summed E-state index contributed by atoms with van der Waals surface area (Å²) in [7, 11) is 1.62. The second kappa shape index (κ2) is 4.99. The molecule has 0 amide bonds. The minimum Gasteiger partial charge on any atom is -0.495 e. The highest BCUT2D eigenvalue weighted by atomic mass is 35.5. The highest BCUT2D eigenvalue weighted by Crippen LogP contribution is 2.23. The molecule has 0 atom stereocenters. The maximum Gasteiger partial charge on any atom is 0.141 e. The molecule has 1 aromatic heterocycles. The molecule has 2 aromatic rings. The molecule has 0 N–H and O–H groups in total. The van der Waals surface area contributed by atoms with Crippen molar-refractivity contribution >= 4 is 11.6 Å². The summed E-state index contributed by atoms with van der Waals surface area (Å²) in [5.74, 6) is 1.08. The molecule has 0 aliphatic heterocycles. The molecule has 0 aliphatic rings. The van der Waals surface area contributed by atoms with Crippen LogP contribution in [-0.2, 0) is 5.88 Å². The largest absolute Gasteiger partial charge is 0.495 e. The van der Waals surface area contributed by atoms with E-state index < -0.39 is 0 Å². The Morgan fingerprint density at radius 1 is 1.12 bits per heavy atom. The van der Waals surface area contributed by atoms with Crippen LogP contribution in [0.3, 0.4) is 0 Å². The minimum absolute atomic E-state index is 0.351. The second-order valence-electron chi connectivity index (χ2n) is 3.35. The van der Waals surface area contributed by atoms with Crippen LogP contribution in [0.4, 0.5) is 0 Å². The van der Waals surface area contributed by atoms with E-state index >= 15 is 0 Å². The standard InChI is InChI=1S/C13H12ClNO/c1-16-13-8-7-11(15-12(13)9-14)10-5-3-2-4-6-10/h2-8H,9H2,1H3. The molecule has 0 bridgehead atoms. The van der Waals surface area contributed by atoms with E-state index in [9.17, 15) is 0 Å². The first-order chi connectivity index (χ1) is 7.85. The molecule has 2 rings (SSSR count). The number of rotatable bonds is 3. The Morgan fingerprint density at radius 2 is 1.88 bits per heavy atom. The Balaban J connectivity index is 2.44. The predicted molar refractivity (Wildman–Crippen MR) is 65.8 cm³/mol. The number of pyridine rings is 1. The van der Waals surface area contributed by atoms with Crippen molar-refractivity contribution in [2.45, 2.75) is 5.88 Å². The summed E-state index contributed by atoms with van der Waals surface area (Å²) in [4.78, 5) is 4.48. The predicted octanol–water partition coefficient (Wildman–Crippen LogP) is 3.50. The Hall–Kier alpha value is -1.54. The van der Waals surface area contributed by atoms with E-state index in [1.165, 1.54) is 0 Å². The lowest BCUT2D eigenvalue weighted by Crippen LogP contribution is -1.94. The van der Waals surface area contributed by atoms with Gasteiger partial charge in [0.25, 0.3) is 0 Å². The number of nitrogens with zero attached hydrogens (tertiary/aromatic N) is 1. The van der Waals surface area contributed by atoms with Gasteiger partial charge < -0.3 is 4.74 Å². The van der Waals surface area contributed by atoms with Crippen LogP contribution in [-0.4, -0.2) is 12.1 Å². The first-order valence-electron chi connectivity index (χ1n) is 5.00. The molecule has 0 fully saturated rings. The van der Waals surface area contributed by atoms with Gasteiger partial charge in [-0.3, -0.25) is 0 Å².